The smallest absolute Gasteiger partial charge is 0.251 e. The van der Waals surface area contributed by atoms with Gasteiger partial charge in [0.1, 0.15) is 5.82 Å². The van der Waals surface area contributed by atoms with Crippen molar-refractivity contribution in [2.24, 2.45) is 5.92 Å². The second-order valence-electron chi connectivity index (χ2n) is 7.23. The SMILES string of the molecule is CSc1nc(C)cc(N2CCC(CC(=O)N3CCC(F)(F)CC3)CC2)n1. The van der Waals surface area contributed by atoms with Gasteiger partial charge < -0.3 is 9.80 Å². The van der Waals surface area contributed by atoms with E-state index >= 15 is 0 Å². The van der Waals surface area contributed by atoms with Gasteiger partial charge in [0.15, 0.2) is 5.16 Å². The number of rotatable bonds is 4. The van der Waals surface area contributed by atoms with E-state index in [9.17, 15) is 13.6 Å². The van der Waals surface area contributed by atoms with E-state index in [-0.39, 0.29) is 31.8 Å². The van der Waals surface area contributed by atoms with Crippen LogP contribution in [0.3, 0.4) is 0 Å². The molecule has 8 heteroatoms. The molecule has 0 atom stereocenters. The molecule has 0 unspecified atom stereocenters. The van der Waals surface area contributed by atoms with E-state index in [0.29, 0.717) is 12.3 Å². The van der Waals surface area contributed by atoms with Gasteiger partial charge in [-0.3, -0.25) is 4.79 Å². The Morgan fingerprint density at radius 3 is 2.50 bits per heavy atom. The molecule has 0 N–H and O–H groups in total. The average molecular weight is 384 g/mol. The van der Waals surface area contributed by atoms with Crippen LogP contribution in [0, 0.1) is 12.8 Å². The quantitative estimate of drug-likeness (QED) is 0.588. The number of piperidine rings is 2. The highest BCUT2D eigenvalue weighted by Gasteiger charge is 2.36. The monoisotopic (exact) mass is 384 g/mol. The highest BCUT2D eigenvalue weighted by molar-refractivity contribution is 7.98. The zero-order valence-electron chi connectivity index (χ0n) is 15.4. The number of carbonyl (C=O) groups excluding carboxylic acids is 1. The van der Waals surface area contributed by atoms with E-state index in [2.05, 4.69) is 14.9 Å². The molecule has 0 aliphatic carbocycles. The lowest BCUT2D eigenvalue weighted by Crippen LogP contribution is -2.44. The summed E-state index contributed by atoms with van der Waals surface area (Å²) in [5.74, 6) is -1.30. The number of carbonyl (C=O) groups is 1. The third-order valence-corrected chi connectivity index (χ3v) is 5.80. The molecule has 2 saturated heterocycles. The molecule has 1 amide bonds. The summed E-state index contributed by atoms with van der Waals surface area (Å²) < 4.78 is 26.5. The number of aryl methyl sites for hydroxylation is 1. The first-order chi connectivity index (χ1) is 12.4. The first kappa shape index (κ1) is 19.3. The van der Waals surface area contributed by atoms with Crippen LogP contribution in [0.4, 0.5) is 14.6 Å². The van der Waals surface area contributed by atoms with E-state index < -0.39 is 5.92 Å². The molecule has 0 bridgehead atoms. The van der Waals surface area contributed by atoms with Crippen molar-refractivity contribution in [1.82, 2.24) is 14.9 Å². The van der Waals surface area contributed by atoms with Crippen LogP contribution in [-0.2, 0) is 4.79 Å². The number of alkyl halides is 2. The second-order valence-corrected chi connectivity index (χ2v) is 8.00. The lowest BCUT2D eigenvalue weighted by Gasteiger charge is -2.35. The highest BCUT2D eigenvalue weighted by Crippen LogP contribution is 2.30. The van der Waals surface area contributed by atoms with Crippen LogP contribution >= 0.6 is 11.8 Å². The molecule has 144 valence electrons. The minimum Gasteiger partial charge on any atom is -0.356 e. The summed E-state index contributed by atoms with van der Waals surface area (Å²) in [7, 11) is 0. The molecule has 1 aromatic rings. The lowest BCUT2D eigenvalue weighted by atomic mass is 9.92. The number of halogens is 2. The summed E-state index contributed by atoms with van der Waals surface area (Å²) in [5, 5.41) is 0.777. The third-order valence-electron chi connectivity index (χ3n) is 5.25. The molecule has 2 aliphatic rings. The van der Waals surface area contributed by atoms with E-state index in [1.165, 1.54) is 11.8 Å². The van der Waals surface area contributed by atoms with Gasteiger partial charge in [0.05, 0.1) is 0 Å². The third kappa shape index (κ3) is 4.84. The van der Waals surface area contributed by atoms with Crippen molar-refractivity contribution >= 4 is 23.5 Å². The zero-order valence-corrected chi connectivity index (χ0v) is 16.2. The Bertz CT molecular complexity index is 640. The molecule has 0 radical (unpaired) electrons. The first-order valence-electron chi connectivity index (χ1n) is 9.16. The summed E-state index contributed by atoms with van der Waals surface area (Å²) in [5.41, 5.74) is 0.957. The van der Waals surface area contributed by atoms with E-state index in [4.69, 9.17) is 0 Å². The maximum absolute atomic E-state index is 13.2. The van der Waals surface area contributed by atoms with Gasteiger partial charge in [0.2, 0.25) is 5.91 Å². The van der Waals surface area contributed by atoms with E-state index in [1.807, 2.05) is 19.2 Å². The predicted molar refractivity (Wildman–Crippen MR) is 98.9 cm³/mol. The number of hydrogen-bond acceptors (Lipinski definition) is 5. The fourth-order valence-corrected chi connectivity index (χ4v) is 4.02. The maximum atomic E-state index is 13.2. The van der Waals surface area contributed by atoms with Crippen LogP contribution in [0.5, 0.6) is 0 Å². The number of aromatic nitrogens is 2. The topological polar surface area (TPSA) is 49.3 Å². The fraction of sp³-hybridized carbons (Fsp3) is 0.722. The lowest BCUT2D eigenvalue weighted by molar-refractivity contribution is -0.138. The summed E-state index contributed by atoms with van der Waals surface area (Å²) in [6.07, 6.45) is 3.87. The molecule has 2 fully saturated rings. The standard InChI is InChI=1S/C18H26F2N4OS/c1-13-11-15(22-17(21-13)26-2)23-7-3-14(4-8-23)12-16(25)24-9-5-18(19,20)6-10-24/h11,14H,3-10,12H2,1-2H3. The van der Waals surface area contributed by atoms with Gasteiger partial charge in [0.25, 0.3) is 5.92 Å². The largest absolute Gasteiger partial charge is 0.356 e. The van der Waals surface area contributed by atoms with Crippen molar-refractivity contribution in [3.63, 3.8) is 0 Å². The van der Waals surface area contributed by atoms with Gasteiger partial charge in [0, 0.05) is 57.2 Å². The van der Waals surface area contributed by atoms with Gasteiger partial charge in [-0.25, -0.2) is 18.7 Å². The molecule has 3 heterocycles. The number of anilines is 1. The maximum Gasteiger partial charge on any atom is 0.251 e. The minimum atomic E-state index is -2.60. The van der Waals surface area contributed by atoms with Gasteiger partial charge in [-0.05, 0) is 31.9 Å². The van der Waals surface area contributed by atoms with Gasteiger partial charge in [-0.15, -0.1) is 0 Å². The van der Waals surface area contributed by atoms with Crippen molar-refractivity contribution in [3.8, 4) is 0 Å². The molecule has 1 aromatic heterocycles. The van der Waals surface area contributed by atoms with E-state index in [1.54, 1.807) is 4.90 Å². The number of amides is 1. The molecule has 0 saturated carbocycles. The summed E-state index contributed by atoms with van der Waals surface area (Å²) in [4.78, 5) is 25.2. The van der Waals surface area contributed by atoms with Crippen molar-refractivity contribution in [1.29, 1.82) is 0 Å². The Morgan fingerprint density at radius 1 is 1.23 bits per heavy atom. The number of hydrogen-bond donors (Lipinski definition) is 0. The Kier molecular flexibility index (Phi) is 5.99. The molecule has 0 aromatic carbocycles. The molecule has 3 rings (SSSR count). The molecular formula is C18H26F2N4OS. The highest BCUT2D eigenvalue weighted by atomic mass is 32.2. The molecule has 5 nitrogen and oxygen atoms in total. The second kappa shape index (κ2) is 8.06. The van der Waals surface area contributed by atoms with Gasteiger partial charge in [-0.1, -0.05) is 11.8 Å². The summed E-state index contributed by atoms with van der Waals surface area (Å²) >= 11 is 1.53. The zero-order chi connectivity index (χ0) is 18.7. The fourth-order valence-electron chi connectivity index (χ4n) is 3.60. The Morgan fingerprint density at radius 2 is 1.88 bits per heavy atom. The van der Waals surface area contributed by atoms with Crippen molar-refractivity contribution in [2.45, 2.75) is 50.1 Å². The van der Waals surface area contributed by atoms with Crippen LogP contribution in [-0.4, -0.2) is 59.1 Å². The van der Waals surface area contributed by atoms with Crippen LogP contribution in [0.25, 0.3) is 0 Å². The Balaban J connectivity index is 1.49. The number of thioether (sulfide) groups is 1. The van der Waals surface area contributed by atoms with Crippen LogP contribution in [0.15, 0.2) is 11.2 Å². The van der Waals surface area contributed by atoms with Crippen molar-refractivity contribution in [2.75, 3.05) is 37.3 Å². The Labute approximate surface area is 157 Å². The molecule has 26 heavy (non-hydrogen) atoms. The normalized spacial score (nSPS) is 21.1. The number of nitrogens with zero attached hydrogens (tertiary/aromatic N) is 4. The van der Waals surface area contributed by atoms with Crippen molar-refractivity contribution in [3.05, 3.63) is 11.8 Å². The minimum absolute atomic E-state index is 0.0292. The van der Waals surface area contributed by atoms with Gasteiger partial charge >= 0.3 is 0 Å². The Hall–Kier alpha value is -1.44. The summed E-state index contributed by atoms with van der Waals surface area (Å²) in [6, 6.07) is 2.00. The average Bonchev–Trinajstić information content (AvgIpc) is 2.61. The number of likely N-dealkylation sites (tertiary alicyclic amines) is 1. The summed E-state index contributed by atoms with van der Waals surface area (Å²) in [6.45, 7) is 4.06. The van der Waals surface area contributed by atoms with Crippen molar-refractivity contribution < 1.29 is 13.6 Å². The van der Waals surface area contributed by atoms with Crippen LogP contribution in [0.1, 0.15) is 37.8 Å². The van der Waals surface area contributed by atoms with Crippen LogP contribution < -0.4 is 4.90 Å². The first-order valence-corrected chi connectivity index (χ1v) is 10.4. The molecular weight excluding hydrogens is 358 g/mol. The molecule has 2 aliphatic heterocycles. The van der Waals surface area contributed by atoms with E-state index in [0.717, 1.165) is 42.6 Å². The van der Waals surface area contributed by atoms with Crippen LogP contribution in [0.2, 0.25) is 0 Å². The predicted octanol–water partition coefficient (Wildman–Crippen LogP) is 3.37. The molecule has 0 spiro atoms. The van der Waals surface area contributed by atoms with Gasteiger partial charge in [-0.2, -0.15) is 0 Å².